The third-order valence-corrected chi connectivity index (χ3v) is 12.9. The normalized spacial score (nSPS) is 19.2. The predicted octanol–water partition coefficient (Wildman–Crippen LogP) is 4.81. The lowest BCUT2D eigenvalue weighted by atomic mass is 9.93. The zero-order chi connectivity index (χ0) is 23.7. The molecular weight excluding hydrogens is 448 g/mol. The fraction of sp³-hybridized carbons (Fsp3) is 0.333. The van der Waals surface area contributed by atoms with E-state index in [2.05, 4.69) is 69.3 Å². The second kappa shape index (κ2) is 9.18. The van der Waals surface area contributed by atoms with Crippen molar-refractivity contribution in [3.63, 3.8) is 0 Å². The summed E-state index contributed by atoms with van der Waals surface area (Å²) in [6.45, 7) is 8.66. The Balaban J connectivity index is 1.56. The van der Waals surface area contributed by atoms with Gasteiger partial charge in [0.05, 0.1) is 17.1 Å². The minimum absolute atomic E-state index is 0.0467. The third-order valence-electron chi connectivity index (χ3n) is 6.38. The topological polar surface area (TPSA) is 52.6 Å². The first-order chi connectivity index (χ1) is 15.6. The van der Waals surface area contributed by atoms with Crippen LogP contribution in [0.1, 0.15) is 39.2 Å². The van der Waals surface area contributed by atoms with Crippen LogP contribution in [-0.4, -0.2) is 28.9 Å². The number of hydrogen-bond donors (Lipinski definition) is 0. The van der Waals surface area contributed by atoms with Crippen LogP contribution in [0.2, 0.25) is 5.04 Å². The summed E-state index contributed by atoms with van der Waals surface area (Å²) >= 11 is 0. The zero-order valence-electron chi connectivity index (χ0n) is 19.7. The Morgan fingerprint density at radius 3 is 1.70 bits per heavy atom. The molecule has 0 aliphatic heterocycles. The lowest BCUT2D eigenvalue weighted by molar-refractivity contribution is 0.00259. The Labute approximate surface area is 198 Å². The van der Waals surface area contributed by atoms with Gasteiger partial charge in [-0.1, -0.05) is 99.1 Å². The van der Waals surface area contributed by atoms with Crippen molar-refractivity contribution in [2.75, 3.05) is 0 Å². The Morgan fingerprint density at radius 1 is 0.758 bits per heavy atom. The molecule has 0 atom stereocenters. The number of aryl methyl sites for hydroxylation is 1. The Hall–Kier alpha value is -2.25. The van der Waals surface area contributed by atoms with E-state index in [9.17, 15) is 8.42 Å². The monoisotopic (exact) mass is 480 g/mol. The Bertz CT molecular complexity index is 1120. The van der Waals surface area contributed by atoms with E-state index in [0.29, 0.717) is 12.8 Å². The second-order valence-electron chi connectivity index (χ2n) is 9.86. The molecule has 0 saturated heterocycles. The lowest BCUT2D eigenvalue weighted by Gasteiger charge is -2.48. The van der Waals surface area contributed by atoms with Crippen LogP contribution in [-0.2, 0) is 18.7 Å². The summed E-state index contributed by atoms with van der Waals surface area (Å²) in [4.78, 5) is 0.199. The van der Waals surface area contributed by atoms with E-state index < -0.39 is 18.4 Å². The molecule has 1 fully saturated rings. The largest absolute Gasteiger partial charge is 0.404 e. The zero-order valence-corrected chi connectivity index (χ0v) is 21.5. The third kappa shape index (κ3) is 4.85. The second-order valence-corrected chi connectivity index (χ2v) is 15.7. The highest BCUT2D eigenvalue weighted by molar-refractivity contribution is 7.86. The quantitative estimate of drug-likeness (QED) is 0.360. The first-order valence-electron chi connectivity index (χ1n) is 11.4. The van der Waals surface area contributed by atoms with Crippen LogP contribution < -0.4 is 10.4 Å². The van der Waals surface area contributed by atoms with E-state index in [4.69, 9.17) is 8.61 Å². The Kier molecular flexibility index (Phi) is 6.65. The van der Waals surface area contributed by atoms with Gasteiger partial charge in [0, 0.05) is 12.8 Å². The van der Waals surface area contributed by atoms with Gasteiger partial charge in [0.25, 0.3) is 18.4 Å². The summed E-state index contributed by atoms with van der Waals surface area (Å²) in [5, 5.41) is 2.33. The van der Waals surface area contributed by atoms with E-state index in [1.807, 2.05) is 19.1 Å². The first kappa shape index (κ1) is 23.9. The smallest absolute Gasteiger partial charge is 0.297 e. The van der Waals surface area contributed by atoms with E-state index in [0.717, 1.165) is 5.56 Å². The molecule has 1 aliphatic carbocycles. The summed E-state index contributed by atoms with van der Waals surface area (Å²) in [6, 6.07) is 27.7. The minimum atomic E-state index is -3.78. The molecule has 0 aromatic heterocycles. The highest BCUT2D eigenvalue weighted by Gasteiger charge is 2.53. The molecule has 0 unspecified atom stereocenters. The molecule has 1 aliphatic rings. The van der Waals surface area contributed by atoms with Gasteiger partial charge in [0.2, 0.25) is 0 Å². The molecule has 33 heavy (non-hydrogen) atoms. The average molecular weight is 481 g/mol. The van der Waals surface area contributed by atoms with Crippen LogP contribution in [0.3, 0.4) is 0 Å². The molecule has 0 spiro atoms. The molecule has 0 heterocycles. The lowest BCUT2D eigenvalue weighted by Crippen LogP contribution is -2.68. The molecule has 0 radical (unpaired) electrons. The summed E-state index contributed by atoms with van der Waals surface area (Å²) in [6.07, 6.45) is 0.722. The van der Waals surface area contributed by atoms with Crippen LogP contribution >= 0.6 is 0 Å². The molecule has 4 nitrogen and oxygen atoms in total. The van der Waals surface area contributed by atoms with Crippen molar-refractivity contribution in [2.24, 2.45) is 0 Å². The van der Waals surface area contributed by atoms with Crippen LogP contribution in [0.15, 0.2) is 89.8 Å². The van der Waals surface area contributed by atoms with Crippen LogP contribution in [0.5, 0.6) is 0 Å². The van der Waals surface area contributed by atoms with E-state index in [1.165, 1.54) is 10.4 Å². The molecule has 1 saturated carbocycles. The maximum atomic E-state index is 12.7. The molecule has 0 amide bonds. The average Bonchev–Trinajstić information content (AvgIpc) is 2.76. The van der Waals surface area contributed by atoms with Gasteiger partial charge in [-0.2, -0.15) is 8.42 Å². The van der Waals surface area contributed by atoms with Gasteiger partial charge in [0.15, 0.2) is 0 Å². The Morgan fingerprint density at radius 2 is 1.24 bits per heavy atom. The van der Waals surface area contributed by atoms with Crippen LogP contribution in [0.25, 0.3) is 0 Å². The summed E-state index contributed by atoms with van der Waals surface area (Å²) in [5.41, 5.74) is 1.01. The van der Waals surface area contributed by atoms with Crippen molar-refractivity contribution < 1.29 is 17.0 Å². The summed E-state index contributed by atoms with van der Waals surface area (Å²) in [5.74, 6) is 0. The molecular formula is C27H32O4SSi. The highest BCUT2D eigenvalue weighted by Crippen LogP contribution is 2.41. The standard InChI is InChI=1S/C27H32O4SSi/c1-21-15-17-24(18-16-21)32(28,29)30-22-19-23(20-22)31-33(27(2,3)4,25-11-7-5-8-12-25)26-13-9-6-10-14-26/h5-18,22-23H,19-20H2,1-4H3. The SMILES string of the molecule is Cc1ccc(S(=O)(=O)OC2CC(O[Si](c3ccccc3)(c3ccccc3)C(C)(C)C)C2)cc1. The van der Waals surface area contributed by atoms with E-state index in [1.54, 1.807) is 24.3 Å². The van der Waals surface area contributed by atoms with E-state index >= 15 is 0 Å². The van der Waals surface area contributed by atoms with Gasteiger partial charge in [-0.3, -0.25) is 4.18 Å². The van der Waals surface area contributed by atoms with Gasteiger partial charge in [-0.15, -0.1) is 0 Å². The van der Waals surface area contributed by atoms with Gasteiger partial charge in [0.1, 0.15) is 0 Å². The maximum Gasteiger partial charge on any atom is 0.297 e. The maximum absolute atomic E-state index is 12.7. The summed E-state index contributed by atoms with van der Waals surface area (Å²) in [7, 11) is -6.43. The molecule has 3 aromatic rings. The van der Waals surface area contributed by atoms with Crippen molar-refractivity contribution in [3.8, 4) is 0 Å². The molecule has 3 aromatic carbocycles. The number of rotatable bonds is 7. The fourth-order valence-corrected chi connectivity index (χ4v) is 10.4. The van der Waals surface area contributed by atoms with Crippen molar-refractivity contribution in [1.82, 2.24) is 0 Å². The number of hydrogen-bond acceptors (Lipinski definition) is 4. The highest BCUT2D eigenvalue weighted by atomic mass is 32.2. The first-order valence-corrected chi connectivity index (χ1v) is 14.7. The molecule has 4 rings (SSSR count). The van der Waals surface area contributed by atoms with Crippen molar-refractivity contribution in [3.05, 3.63) is 90.5 Å². The van der Waals surface area contributed by atoms with Crippen molar-refractivity contribution in [1.29, 1.82) is 0 Å². The van der Waals surface area contributed by atoms with Gasteiger partial charge in [-0.05, 0) is 34.5 Å². The molecule has 6 heteroatoms. The molecule has 174 valence electrons. The molecule has 0 N–H and O–H groups in total. The van der Waals surface area contributed by atoms with Crippen LogP contribution in [0.4, 0.5) is 0 Å². The van der Waals surface area contributed by atoms with Gasteiger partial charge >= 0.3 is 0 Å². The number of benzene rings is 3. The van der Waals surface area contributed by atoms with Gasteiger partial charge in [-0.25, -0.2) is 0 Å². The van der Waals surface area contributed by atoms with Crippen molar-refractivity contribution >= 4 is 28.8 Å². The van der Waals surface area contributed by atoms with Gasteiger partial charge < -0.3 is 4.43 Å². The van der Waals surface area contributed by atoms with E-state index in [-0.39, 0.29) is 22.1 Å². The summed E-state index contributed by atoms with van der Waals surface area (Å²) < 4.78 is 38.0. The predicted molar refractivity (Wildman–Crippen MR) is 135 cm³/mol. The van der Waals surface area contributed by atoms with Crippen LogP contribution in [0, 0.1) is 6.92 Å². The van der Waals surface area contributed by atoms with Crippen molar-refractivity contribution in [2.45, 2.75) is 62.7 Å². The molecule has 0 bridgehead atoms. The minimum Gasteiger partial charge on any atom is -0.404 e. The fourth-order valence-electron chi connectivity index (χ4n) is 4.57.